The van der Waals surface area contributed by atoms with Gasteiger partial charge in [-0.1, -0.05) is 0 Å². The summed E-state index contributed by atoms with van der Waals surface area (Å²) in [5.74, 6) is 0.773. The smallest absolute Gasteiger partial charge is 0.230 e. The molecular weight excluding hydrogens is 236 g/mol. The van der Waals surface area contributed by atoms with Crippen molar-refractivity contribution >= 4 is 23.7 Å². The van der Waals surface area contributed by atoms with Gasteiger partial charge in [0.1, 0.15) is 0 Å². The minimum atomic E-state index is 0.222. The lowest BCUT2D eigenvalue weighted by Gasteiger charge is -2.10. The molecule has 6 nitrogen and oxygen atoms in total. The Morgan fingerprint density at radius 3 is 2.47 bits per heavy atom. The summed E-state index contributed by atoms with van der Waals surface area (Å²) in [4.78, 5) is 19.2. The van der Waals surface area contributed by atoms with Crippen molar-refractivity contribution in [3.8, 4) is 0 Å². The summed E-state index contributed by atoms with van der Waals surface area (Å²) in [6.07, 6.45) is 3.44. The standard InChI is InChI=1S/C10H12N6S/c1-16(2)9-13-8(11)14-10(15-9)17-7-3-5-12-6-4-7/h3-6H,1-2H3,(H2,11,13,14,15). The Bertz CT molecular complexity index is 501. The van der Waals surface area contributed by atoms with Gasteiger partial charge in [0.25, 0.3) is 0 Å². The number of nitrogens with two attached hydrogens (primary N) is 1. The van der Waals surface area contributed by atoms with Crippen LogP contribution in [-0.2, 0) is 0 Å². The molecule has 0 saturated heterocycles. The number of nitrogens with zero attached hydrogens (tertiary/aromatic N) is 5. The second kappa shape index (κ2) is 4.96. The molecule has 0 fully saturated rings. The molecule has 0 unspecified atom stereocenters. The summed E-state index contributed by atoms with van der Waals surface area (Å²) in [5.41, 5.74) is 5.64. The predicted molar refractivity (Wildman–Crippen MR) is 66.9 cm³/mol. The summed E-state index contributed by atoms with van der Waals surface area (Å²) in [6.45, 7) is 0. The van der Waals surface area contributed by atoms with Crippen LogP contribution in [0.1, 0.15) is 0 Å². The molecule has 0 atom stereocenters. The monoisotopic (exact) mass is 248 g/mol. The second-order valence-electron chi connectivity index (χ2n) is 3.46. The zero-order valence-electron chi connectivity index (χ0n) is 9.53. The first-order valence-electron chi connectivity index (χ1n) is 4.92. The van der Waals surface area contributed by atoms with Crippen LogP contribution in [0.5, 0.6) is 0 Å². The molecule has 2 aromatic heterocycles. The fourth-order valence-corrected chi connectivity index (χ4v) is 1.85. The zero-order chi connectivity index (χ0) is 12.3. The van der Waals surface area contributed by atoms with Gasteiger partial charge in [0.2, 0.25) is 11.9 Å². The molecule has 0 amide bonds. The minimum absolute atomic E-state index is 0.222. The van der Waals surface area contributed by atoms with Crippen molar-refractivity contribution in [1.82, 2.24) is 19.9 Å². The van der Waals surface area contributed by atoms with Gasteiger partial charge in [0.15, 0.2) is 5.16 Å². The maximum absolute atomic E-state index is 5.64. The first-order valence-corrected chi connectivity index (χ1v) is 5.73. The lowest BCUT2D eigenvalue weighted by Crippen LogP contribution is -2.15. The molecule has 2 N–H and O–H groups in total. The van der Waals surface area contributed by atoms with Crippen molar-refractivity contribution in [3.05, 3.63) is 24.5 Å². The summed E-state index contributed by atoms with van der Waals surface area (Å²) >= 11 is 1.42. The van der Waals surface area contributed by atoms with E-state index >= 15 is 0 Å². The van der Waals surface area contributed by atoms with Gasteiger partial charge in [-0.25, -0.2) is 0 Å². The van der Waals surface area contributed by atoms with Crippen LogP contribution >= 0.6 is 11.8 Å². The van der Waals surface area contributed by atoms with Gasteiger partial charge in [-0.3, -0.25) is 4.98 Å². The molecule has 2 heterocycles. The topological polar surface area (TPSA) is 80.8 Å². The summed E-state index contributed by atoms with van der Waals surface area (Å²) < 4.78 is 0. The number of anilines is 2. The Morgan fingerprint density at radius 1 is 1.12 bits per heavy atom. The first-order chi connectivity index (χ1) is 8.15. The number of hydrogen-bond acceptors (Lipinski definition) is 7. The fourth-order valence-electron chi connectivity index (χ4n) is 1.12. The first kappa shape index (κ1) is 11.6. The molecule has 0 bridgehead atoms. The molecule has 88 valence electrons. The van der Waals surface area contributed by atoms with Crippen molar-refractivity contribution in [2.24, 2.45) is 0 Å². The zero-order valence-corrected chi connectivity index (χ0v) is 10.3. The molecule has 17 heavy (non-hydrogen) atoms. The summed E-state index contributed by atoms with van der Waals surface area (Å²) in [6, 6.07) is 3.78. The third-order valence-electron chi connectivity index (χ3n) is 1.88. The van der Waals surface area contributed by atoms with Gasteiger partial charge >= 0.3 is 0 Å². The van der Waals surface area contributed by atoms with Gasteiger partial charge in [-0.05, 0) is 23.9 Å². The number of nitrogen functional groups attached to an aromatic ring is 1. The normalized spacial score (nSPS) is 10.2. The maximum Gasteiger partial charge on any atom is 0.230 e. The molecule has 0 aliphatic carbocycles. The maximum atomic E-state index is 5.64. The van der Waals surface area contributed by atoms with E-state index in [0.717, 1.165) is 4.90 Å². The van der Waals surface area contributed by atoms with Crippen molar-refractivity contribution in [1.29, 1.82) is 0 Å². The second-order valence-corrected chi connectivity index (χ2v) is 4.50. The Balaban J connectivity index is 2.27. The summed E-state index contributed by atoms with van der Waals surface area (Å²) in [5, 5.41) is 0.576. The van der Waals surface area contributed by atoms with Gasteiger partial charge in [0.05, 0.1) is 0 Å². The molecule has 0 spiro atoms. The van der Waals surface area contributed by atoms with E-state index in [-0.39, 0.29) is 5.95 Å². The van der Waals surface area contributed by atoms with Crippen LogP contribution in [0.25, 0.3) is 0 Å². The third kappa shape index (κ3) is 3.04. The van der Waals surface area contributed by atoms with Gasteiger partial charge < -0.3 is 10.6 Å². The van der Waals surface area contributed by atoms with E-state index in [1.54, 1.807) is 17.3 Å². The number of pyridine rings is 1. The van der Waals surface area contributed by atoms with E-state index in [1.807, 2.05) is 26.2 Å². The SMILES string of the molecule is CN(C)c1nc(N)nc(Sc2ccncc2)n1. The Morgan fingerprint density at radius 2 is 1.82 bits per heavy atom. The lowest BCUT2D eigenvalue weighted by molar-refractivity contribution is 0.876. The molecule has 7 heteroatoms. The van der Waals surface area contributed by atoms with Crippen LogP contribution in [0.3, 0.4) is 0 Å². The molecular formula is C10H12N6S. The van der Waals surface area contributed by atoms with Crippen LogP contribution in [-0.4, -0.2) is 34.0 Å². The Hall–Kier alpha value is -1.89. The van der Waals surface area contributed by atoms with Crippen LogP contribution in [0, 0.1) is 0 Å². The molecule has 2 rings (SSSR count). The quantitative estimate of drug-likeness (QED) is 0.870. The Kier molecular flexibility index (Phi) is 3.38. The van der Waals surface area contributed by atoms with E-state index in [1.165, 1.54) is 11.8 Å². The molecule has 0 radical (unpaired) electrons. The Labute approximate surface area is 103 Å². The van der Waals surface area contributed by atoms with E-state index in [0.29, 0.717) is 11.1 Å². The van der Waals surface area contributed by atoms with E-state index in [9.17, 15) is 0 Å². The van der Waals surface area contributed by atoms with E-state index in [2.05, 4.69) is 19.9 Å². The van der Waals surface area contributed by atoms with Crippen molar-refractivity contribution < 1.29 is 0 Å². The average Bonchev–Trinajstić information content (AvgIpc) is 2.29. The average molecular weight is 248 g/mol. The highest BCUT2D eigenvalue weighted by molar-refractivity contribution is 7.99. The van der Waals surface area contributed by atoms with Crippen LogP contribution in [0.4, 0.5) is 11.9 Å². The van der Waals surface area contributed by atoms with Gasteiger partial charge in [-0.2, -0.15) is 15.0 Å². The highest BCUT2D eigenvalue weighted by Crippen LogP contribution is 2.24. The third-order valence-corrected chi connectivity index (χ3v) is 2.75. The predicted octanol–water partition coefficient (Wildman–Crippen LogP) is 1.07. The van der Waals surface area contributed by atoms with Gasteiger partial charge in [0, 0.05) is 31.4 Å². The lowest BCUT2D eigenvalue weighted by atomic mass is 10.5. The highest BCUT2D eigenvalue weighted by Gasteiger charge is 2.07. The van der Waals surface area contributed by atoms with Gasteiger partial charge in [-0.15, -0.1) is 0 Å². The minimum Gasteiger partial charge on any atom is -0.368 e. The largest absolute Gasteiger partial charge is 0.368 e. The molecule has 0 aliphatic heterocycles. The van der Waals surface area contributed by atoms with Crippen molar-refractivity contribution in [2.45, 2.75) is 10.1 Å². The van der Waals surface area contributed by atoms with E-state index < -0.39 is 0 Å². The van der Waals surface area contributed by atoms with Crippen LogP contribution < -0.4 is 10.6 Å². The molecule has 0 aromatic carbocycles. The van der Waals surface area contributed by atoms with Crippen molar-refractivity contribution in [2.75, 3.05) is 24.7 Å². The van der Waals surface area contributed by atoms with Crippen LogP contribution in [0.2, 0.25) is 0 Å². The molecule has 0 saturated carbocycles. The van der Waals surface area contributed by atoms with Crippen molar-refractivity contribution in [3.63, 3.8) is 0 Å². The number of aromatic nitrogens is 4. The summed E-state index contributed by atoms with van der Waals surface area (Å²) in [7, 11) is 3.71. The molecule has 2 aromatic rings. The number of rotatable bonds is 3. The van der Waals surface area contributed by atoms with Crippen LogP contribution in [0.15, 0.2) is 34.6 Å². The number of hydrogen-bond donors (Lipinski definition) is 1. The van der Waals surface area contributed by atoms with E-state index in [4.69, 9.17) is 5.73 Å². The molecule has 0 aliphatic rings. The fraction of sp³-hybridized carbons (Fsp3) is 0.200. The highest BCUT2D eigenvalue weighted by atomic mass is 32.2.